The summed E-state index contributed by atoms with van der Waals surface area (Å²) in [7, 11) is 1.96. The zero-order valence-electron chi connectivity index (χ0n) is 21.8. The van der Waals surface area contributed by atoms with Crippen molar-refractivity contribution in [3.63, 3.8) is 0 Å². The monoisotopic (exact) mass is 655 g/mol. The van der Waals surface area contributed by atoms with E-state index in [4.69, 9.17) is 21.1 Å². The normalized spacial score (nSPS) is 14.9. The summed E-state index contributed by atoms with van der Waals surface area (Å²) in [6.07, 6.45) is -1.61. The summed E-state index contributed by atoms with van der Waals surface area (Å²) < 4.78 is 51.2. The molecule has 1 aromatic carbocycles. The minimum absolute atomic E-state index is 0.0438. The first-order chi connectivity index (χ1) is 19.5. The van der Waals surface area contributed by atoms with Gasteiger partial charge in [0.25, 0.3) is 5.91 Å². The Morgan fingerprint density at radius 1 is 1.10 bits per heavy atom. The van der Waals surface area contributed by atoms with Crippen molar-refractivity contribution < 1.29 is 32.2 Å². The smallest absolute Gasteiger partial charge is 0.416 e. The number of pyridine rings is 2. The molecule has 0 aliphatic carbocycles. The van der Waals surface area contributed by atoms with Gasteiger partial charge in [-0.1, -0.05) is 11.6 Å². The molecule has 0 saturated carbocycles. The molecule has 1 aliphatic rings. The lowest BCUT2D eigenvalue weighted by atomic mass is 10.2. The van der Waals surface area contributed by atoms with E-state index in [1.165, 1.54) is 18.3 Å². The summed E-state index contributed by atoms with van der Waals surface area (Å²) in [6, 6.07) is 8.02. The molecule has 2 amide bonds. The average Bonchev–Trinajstić information content (AvgIpc) is 2.93. The van der Waals surface area contributed by atoms with Crippen LogP contribution in [0, 0.1) is 0 Å². The Kier molecular flexibility index (Phi) is 10.2. The van der Waals surface area contributed by atoms with E-state index < -0.39 is 23.7 Å². The third kappa shape index (κ3) is 8.38. The fraction of sp³-hybridized carbons (Fsp3) is 0.333. The number of hydrogen-bond acceptors (Lipinski definition) is 7. The highest BCUT2D eigenvalue weighted by molar-refractivity contribution is 9.10. The van der Waals surface area contributed by atoms with Crippen molar-refractivity contribution in [2.45, 2.75) is 18.8 Å². The number of carbonyl (C=O) groups excluding carboxylic acids is 2. The summed E-state index contributed by atoms with van der Waals surface area (Å²) in [4.78, 5) is 38.7. The molecule has 14 heteroatoms. The minimum atomic E-state index is -4.58. The summed E-state index contributed by atoms with van der Waals surface area (Å²) >= 11 is 9.33. The highest BCUT2D eigenvalue weighted by atomic mass is 79.9. The second kappa shape index (κ2) is 13.6. The number of benzene rings is 1. The van der Waals surface area contributed by atoms with E-state index in [2.05, 4.69) is 36.1 Å². The topological polar surface area (TPSA) is 96.9 Å². The van der Waals surface area contributed by atoms with Crippen LogP contribution in [0.25, 0.3) is 0 Å². The van der Waals surface area contributed by atoms with Crippen LogP contribution in [0.4, 0.5) is 13.2 Å². The fourth-order valence-corrected chi connectivity index (χ4v) is 4.63. The molecule has 0 bridgehead atoms. The highest BCUT2D eigenvalue weighted by Gasteiger charge is 2.32. The van der Waals surface area contributed by atoms with Crippen LogP contribution in [-0.4, -0.2) is 77.5 Å². The molecule has 4 rings (SSSR count). The van der Waals surface area contributed by atoms with Crippen LogP contribution in [0.1, 0.15) is 21.5 Å². The first kappa shape index (κ1) is 30.7. The Bertz CT molecular complexity index is 1390. The second-order valence-corrected chi connectivity index (χ2v) is 10.5. The molecular weight excluding hydrogens is 631 g/mol. The van der Waals surface area contributed by atoms with Gasteiger partial charge in [0.15, 0.2) is 0 Å². The second-order valence-electron chi connectivity index (χ2n) is 9.26. The number of carbonyl (C=O) groups is 2. The summed E-state index contributed by atoms with van der Waals surface area (Å²) in [5, 5.41) is 2.41. The van der Waals surface area contributed by atoms with Crippen molar-refractivity contribution >= 4 is 39.3 Å². The van der Waals surface area contributed by atoms with Gasteiger partial charge in [-0.05, 0) is 71.0 Å². The summed E-state index contributed by atoms with van der Waals surface area (Å²) in [5.74, 6) is -1.30. The third-order valence-corrected chi connectivity index (χ3v) is 6.97. The van der Waals surface area contributed by atoms with Crippen molar-refractivity contribution in [1.82, 2.24) is 25.1 Å². The predicted octanol–water partition coefficient (Wildman–Crippen LogP) is 4.79. The maximum atomic E-state index is 13.4. The average molecular weight is 657 g/mol. The van der Waals surface area contributed by atoms with Gasteiger partial charge in [0.1, 0.15) is 22.0 Å². The molecule has 218 valence electrons. The highest BCUT2D eigenvalue weighted by Crippen LogP contribution is 2.36. The molecule has 9 nitrogen and oxygen atoms in total. The lowest BCUT2D eigenvalue weighted by Gasteiger charge is -2.34. The van der Waals surface area contributed by atoms with Gasteiger partial charge in [-0.15, -0.1) is 0 Å². The standard InChI is InChI=1S/C27H26BrClF3N5O4/c1-36-9-11-37(12-10-36)26(39)21(16-40-15-17-6-8-33-23(28)13-17)35-24(38)19-3-2-7-34-25(19)41-22-5-4-18(14-20(22)29)27(30,31)32/h2-8,13-14,21H,9-12,15-16H2,1H3,(H,35,38)/t21-/m1/s1. The number of rotatable bonds is 9. The van der Waals surface area contributed by atoms with E-state index in [1.807, 2.05) is 7.05 Å². The Morgan fingerprint density at radius 2 is 1.85 bits per heavy atom. The van der Waals surface area contributed by atoms with Crippen molar-refractivity contribution in [1.29, 1.82) is 0 Å². The minimum Gasteiger partial charge on any atom is -0.437 e. The molecule has 1 fully saturated rings. The number of hydrogen-bond donors (Lipinski definition) is 1. The molecule has 0 spiro atoms. The number of nitrogens with one attached hydrogen (secondary N) is 1. The van der Waals surface area contributed by atoms with Gasteiger partial charge in [0.2, 0.25) is 11.8 Å². The zero-order chi connectivity index (χ0) is 29.6. The third-order valence-electron chi connectivity index (χ3n) is 6.24. The van der Waals surface area contributed by atoms with E-state index in [-0.39, 0.29) is 41.3 Å². The Hall–Kier alpha value is -3.26. The van der Waals surface area contributed by atoms with Crippen LogP contribution in [0.3, 0.4) is 0 Å². The number of likely N-dealkylation sites (N-methyl/N-ethyl adjacent to an activating group) is 1. The number of halogens is 5. The maximum absolute atomic E-state index is 13.4. The van der Waals surface area contributed by atoms with Crippen molar-refractivity contribution in [3.8, 4) is 11.6 Å². The van der Waals surface area contributed by atoms with Crippen molar-refractivity contribution in [2.75, 3.05) is 39.8 Å². The van der Waals surface area contributed by atoms with E-state index >= 15 is 0 Å². The molecule has 1 aliphatic heterocycles. The van der Waals surface area contributed by atoms with Gasteiger partial charge in [-0.2, -0.15) is 13.2 Å². The van der Waals surface area contributed by atoms with Crippen molar-refractivity contribution in [2.24, 2.45) is 0 Å². The Morgan fingerprint density at radius 3 is 2.54 bits per heavy atom. The summed E-state index contributed by atoms with van der Waals surface area (Å²) in [6.45, 7) is 2.42. The van der Waals surface area contributed by atoms with E-state index in [0.29, 0.717) is 30.8 Å². The van der Waals surface area contributed by atoms with E-state index in [0.717, 1.165) is 23.8 Å². The molecule has 41 heavy (non-hydrogen) atoms. The van der Waals surface area contributed by atoms with Gasteiger partial charge in [0.05, 0.1) is 23.8 Å². The number of amides is 2. The van der Waals surface area contributed by atoms with Gasteiger partial charge in [-0.25, -0.2) is 9.97 Å². The maximum Gasteiger partial charge on any atom is 0.416 e. The first-order valence-corrected chi connectivity index (χ1v) is 13.6. The largest absolute Gasteiger partial charge is 0.437 e. The quantitative estimate of drug-likeness (QED) is 0.331. The molecule has 3 heterocycles. The lowest BCUT2D eigenvalue weighted by Crippen LogP contribution is -2.55. The number of piperazine rings is 1. The SMILES string of the molecule is CN1CCN(C(=O)[C@@H](COCc2ccnc(Br)c2)NC(=O)c2cccnc2Oc2ccc(C(F)(F)F)cc2Cl)CC1. The number of aromatic nitrogens is 2. The molecule has 0 unspecified atom stereocenters. The zero-order valence-corrected chi connectivity index (χ0v) is 24.2. The van der Waals surface area contributed by atoms with Gasteiger partial charge in [0, 0.05) is 38.6 Å². The van der Waals surface area contributed by atoms with Gasteiger partial charge >= 0.3 is 6.18 Å². The fourth-order valence-electron chi connectivity index (χ4n) is 3.99. The number of ether oxygens (including phenoxy) is 2. The Labute approximate surface area is 247 Å². The predicted molar refractivity (Wildman–Crippen MR) is 148 cm³/mol. The Balaban J connectivity index is 1.51. The van der Waals surface area contributed by atoms with Crippen LogP contribution in [0.5, 0.6) is 11.6 Å². The van der Waals surface area contributed by atoms with Gasteiger partial charge in [-0.3, -0.25) is 9.59 Å². The van der Waals surface area contributed by atoms with Gasteiger partial charge < -0.3 is 24.6 Å². The molecular formula is C27H26BrClF3N5O4. The van der Waals surface area contributed by atoms with Crippen molar-refractivity contribution in [3.05, 3.63) is 81.2 Å². The molecule has 1 atom stereocenters. The molecule has 2 aromatic heterocycles. The molecule has 3 aromatic rings. The van der Waals surface area contributed by atoms with Crippen LogP contribution in [0.15, 0.2) is 59.5 Å². The molecule has 0 radical (unpaired) electrons. The van der Waals surface area contributed by atoms with E-state index in [9.17, 15) is 22.8 Å². The summed E-state index contributed by atoms with van der Waals surface area (Å²) in [5.41, 5.74) is -0.170. The van der Waals surface area contributed by atoms with Crippen LogP contribution in [-0.2, 0) is 22.3 Å². The lowest BCUT2D eigenvalue weighted by molar-refractivity contribution is -0.138. The van der Waals surface area contributed by atoms with Crippen LogP contribution >= 0.6 is 27.5 Å². The number of nitrogens with zero attached hydrogens (tertiary/aromatic N) is 4. The molecule has 1 saturated heterocycles. The molecule has 1 N–H and O–H groups in total. The first-order valence-electron chi connectivity index (χ1n) is 12.5. The van der Waals surface area contributed by atoms with Crippen LogP contribution < -0.4 is 10.1 Å². The number of alkyl halides is 3. The van der Waals surface area contributed by atoms with E-state index in [1.54, 1.807) is 23.2 Å². The van der Waals surface area contributed by atoms with Crippen LogP contribution in [0.2, 0.25) is 5.02 Å².